The molecule has 62 valence electrons. The molecular weight excluding hydrogens is 208 g/mol. The van der Waals surface area contributed by atoms with Crippen LogP contribution in [0.25, 0.3) is 0 Å². The molecule has 0 N–H and O–H groups in total. The van der Waals surface area contributed by atoms with Gasteiger partial charge in [-0.3, -0.25) is 4.90 Å². The lowest BCUT2D eigenvalue weighted by atomic mass is 10.3. The van der Waals surface area contributed by atoms with Gasteiger partial charge in [-0.05, 0) is 0 Å². The van der Waals surface area contributed by atoms with Crippen molar-refractivity contribution in [3.63, 3.8) is 0 Å². The van der Waals surface area contributed by atoms with E-state index in [4.69, 9.17) is 10.00 Å². The Bertz CT molecular complexity index is 155. The van der Waals surface area contributed by atoms with Crippen LogP contribution in [0.3, 0.4) is 0 Å². The second kappa shape index (κ2) is 4.70. The van der Waals surface area contributed by atoms with Gasteiger partial charge in [0.2, 0.25) is 0 Å². The molecule has 1 rings (SSSR count). The summed E-state index contributed by atoms with van der Waals surface area (Å²) in [7, 11) is 0. The molecule has 1 unspecified atom stereocenters. The average molecular weight is 219 g/mol. The SMILES string of the molecule is N#CC1CN(CCBr)CCO1. The van der Waals surface area contributed by atoms with Crippen LogP contribution in [0.4, 0.5) is 0 Å². The fourth-order valence-corrected chi connectivity index (χ4v) is 1.60. The Labute approximate surface area is 75.1 Å². The second-order valence-electron chi connectivity index (χ2n) is 2.48. The van der Waals surface area contributed by atoms with Crippen molar-refractivity contribution in [1.29, 1.82) is 5.26 Å². The fraction of sp³-hybridized carbons (Fsp3) is 0.857. The average Bonchev–Trinajstić information content (AvgIpc) is 2.06. The maximum Gasteiger partial charge on any atom is 0.156 e. The Morgan fingerprint density at radius 3 is 3.18 bits per heavy atom. The van der Waals surface area contributed by atoms with E-state index >= 15 is 0 Å². The summed E-state index contributed by atoms with van der Waals surface area (Å²) in [4.78, 5) is 2.23. The molecule has 4 heteroatoms. The number of alkyl halides is 1. The predicted molar refractivity (Wildman–Crippen MR) is 45.6 cm³/mol. The highest BCUT2D eigenvalue weighted by molar-refractivity contribution is 9.09. The van der Waals surface area contributed by atoms with Gasteiger partial charge in [0.1, 0.15) is 0 Å². The van der Waals surface area contributed by atoms with Crippen LogP contribution in [0.15, 0.2) is 0 Å². The molecule has 0 aromatic carbocycles. The summed E-state index contributed by atoms with van der Waals surface area (Å²) in [5.74, 6) is 0. The largest absolute Gasteiger partial charge is 0.361 e. The summed E-state index contributed by atoms with van der Waals surface area (Å²) in [6, 6.07) is 2.11. The van der Waals surface area contributed by atoms with E-state index in [1.54, 1.807) is 0 Å². The number of morpholine rings is 1. The third-order valence-electron chi connectivity index (χ3n) is 1.70. The standard InChI is InChI=1S/C7H11BrN2O/c8-1-2-10-3-4-11-7(5-9)6-10/h7H,1-4,6H2. The first-order valence-electron chi connectivity index (χ1n) is 3.66. The van der Waals surface area contributed by atoms with E-state index < -0.39 is 0 Å². The Hall–Kier alpha value is -0.110. The molecule has 1 aliphatic heterocycles. The van der Waals surface area contributed by atoms with Crippen molar-refractivity contribution in [3.05, 3.63) is 0 Å². The van der Waals surface area contributed by atoms with Crippen molar-refractivity contribution in [3.8, 4) is 6.07 Å². The van der Waals surface area contributed by atoms with Crippen LogP contribution in [0.5, 0.6) is 0 Å². The van der Waals surface area contributed by atoms with Gasteiger partial charge in [-0.2, -0.15) is 5.26 Å². The van der Waals surface area contributed by atoms with Crippen molar-refractivity contribution in [1.82, 2.24) is 4.90 Å². The first kappa shape index (κ1) is 8.98. The van der Waals surface area contributed by atoms with E-state index in [-0.39, 0.29) is 6.10 Å². The van der Waals surface area contributed by atoms with Gasteiger partial charge in [0.05, 0.1) is 12.7 Å². The molecule has 0 aliphatic carbocycles. The topological polar surface area (TPSA) is 36.3 Å². The Balaban J connectivity index is 2.29. The Morgan fingerprint density at radius 2 is 2.55 bits per heavy atom. The van der Waals surface area contributed by atoms with E-state index in [1.807, 2.05) is 0 Å². The third kappa shape index (κ3) is 2.78. The molecule has 0 amide bonds. The van der Waals surface area contributed by atoms with Gasteiger partial charge in [-0.25, -0.2) is 0 Å². The maximum atomic E-state index is 8.56. The van der Waals surface area contributed by atoms with Crippen molar-refractivity contribution >= 4 is 15.9 Å². The van der Waals surface area contributed by atoms with Gasteiger partial charge >= 0.3 is 0 Å². The summed E-state index contributed by atoms with van der Waals surface area (Å²) in [5, 5.41) is 9.53. The molecule has 0 aromatic rings. The molecule has 0 saturated carbocycles. The molecule has 1 heterocycles. The summed E-state index contributed by atoms with van der Waals surface area (Å²) in [5.41, 5.74) is 0. The second-order valence-corrected chi connectivity index (χ2v) is 3.27. The molecule has 0 bridgehead atoms. The van der Waals surface area contributed by atoms with E-state index in [0.29, 0.717) is 6.61 Å². The third-order valence-corrected chi connectivity index (χ3v) is 2.05. The van der Waals surface area contributed by atoms with Crippen molar-refractivity contribution in [2.45, 2.75) is 6.10 Å². The molecule has 1 atom stereocenters. The van der Waals surface area contributed by atoms with Crippen LogP contribution in [-0.4, -0.2) is 42.6 Å². The highest BCUT2D eigenvalue weighted by atomic mass is 79.9. The summed E-state index contributed by atoms with van der Waals surface area (Å²) in [6.45, 7) is 3.39. The highest BCUT2D eigenvalue weighted by Gasteiger charge is 2.18. The molecule has 0 spiro atoms. The number of nitrogens with zero attached hydrogens (tertiary/aromatic N) is 2. The summed E-state index contributed by atoms with van der Waals surface area (Å²) >= 11 is 3.36. The predicted octanol–water partition coefficient (Wildman–Crippen LogP) is 0.606. The quantitative estimate of drug-likeness (QED) is 0.638. The zero-order chi connectivity index (χ0) is 8.10. The van der Waals surface area contributed by atoms with Gasteiger partial charge in [-0.1, -0.05) is 15.9 Å². The lowest BCUT2D eigenvalue weighted by Crippen LogP contribution is -2.42. The van der Waals surface area contributed by atoms with Crippen LogP contribution in [0.1, 0.15) is 0 Å². The summed E-state index contributed by atoms with van der Waals surface area (Å²) in [6.07, 6.45) is -0.220. The number of nitriles is 1. The maximum absolute atomic E-state index is 8.56. The molecule has 1 saturated heterocycles. The zero-order valence-corrected chi connectivity index (χ0v) is 7.88. The van der Waals surface area contributed by atoms with Gasteiger partial charge in [0.25, 0.3) is 0 Å². The van der Waals surface area contributed by atoms with Crippen LogP contribution >= 0.6 is 15.9 Å². The van der Waals surface area contributed by atoms with Crippen molar-refractivity contribution in [2.24, 2.45) is 0 Å². The molecule has 11 heavy (non-hydrogen) atoms. The van der Waals surface area contributed by atoms with Crippen LogP contribution in [-0.2, 0) is 4.74 Å². The number of halogens is 1. The van der Waals surface area contributed by atoms with Crippen LogP contribution in [0.2, 0.25) is 0 Å². The van der Waals surface area contributed by atoms with Gasteiger partial charge in [0.15, 0.2) is 6.10 Å². The van der Waals surface area contributed by atoms with Crippen molar-refractivity contribution in [2.75, 3.05) is 31.6 Å². The lowest BCUT2D eigenvalue weighted by Gasteiger charge is -2.28. The minimum atomic E-state index is -0.220. The number of rotatable bonds is 2. The molecule has 0 radical (unpaired) electrons. The van der Waals surface area contributed by atoms with E-state index in [9.17, 15) is 0 Å². The number of hydrogen-bond donors (Lipinski definition) is 0. The molecule has 3 nitrogen and oxygen atoms in total. The Morgan fingerprint density at radius 1 is 1.73 bits per heavy atom. The van der Waals surface area contributed by atoms with Crippen LogP contribution in [0, 0.1) is 11.3 Å². The van der Waals surface area contributed by atoms with Crippen LogP contribution < -0.4 is 0 Å². The highest BCUT2D eigenvalue weighted by Crippen LogP contribution is 2.03. The smallest absolute Gasteiger partial charge is 0.156 e. The van der Waals surface area contributed by atoms with Gasteiger partial charge in [-0.15, -0.1) is 0 Å². The molecule has 1 fully saturated rings. The lowest BCUT2D eigenvalue weighted by molar-refractivity contribution is 0.00323. The molecular formula is C7H11BrN2O. The Kier molecular flexibility index (Phi) is 3.84. The minimum Gasteiger partial charge on any atom is -0.361 e. The molecule has 1 aliphatic rings. The monoisotopic (exact) mass is 218 g/mol. The first-order valence-corrected chi connectivity index (χ1v) is 4.78. The van der Waals surface area contributed by atoms with E-state index in [1.165, 1.54) is 0 Å². The first-order chi connectivity index (χ1) is 5.36. The van der Waals surface area contributed by atoms with Gasteiger partial charge in [0, 0.05) is 25.0 Å². The van der Waals surface area contributed by atoms with E-state index in [0.717, 1.165) is 25.0 Å². The summed E-state index contributed by atoms with van der Waals surface area (Å²) < 4.78 is 5.19. The zero-order valence-electron chi connectivity index (χ0n) is 6.29. The number of hydrogen-bond acceptors (Lipinski definition) is 3. The number of ether oxygens (including phenoxy) is 1. The fourth-order valence-electron chi connectivity index (χ4n) is 1.10. The van der Waals surface area contributed by atoms with Crippen molar-refractivity contribution < 1.29 is 4.74 Å². The normalized spacial score (nSPS) is 26.4. The minimum absolute atomic E-state index is 0.220. The van der Waals surface area contributed by atoms with Gasteiger partial charge < -0.3 is 4.74 Å². The van der Waals surface area contributed by atoms with E-state index in [2.05, 4.69) is 26.9 Å². The molecule has 0 aromatic heterocycles.